The number of ketones is 1. The second-order valence-corrected chi connectivity index (χ2v) is 21.0. The Hall–Kier alpha value is -3.58. The van der Waals surface area contributed by atoms with Crippen molar-refractivity contribution in [3.05, 3.63) is 51.8 Å². The third-order valence-corrected chi connectivity index (χ3v) is 15.7. The molecule has 0 aliphatic carbocycles. The van der Waals surface area contributed by atoms with Crippen LogP contribution in [-0.4, -0.2) is 180 Å². The lowest BCUT2D eigenvalue weighted by Crippen LogP contribution is -2.61. The molecule has 4 aliphatic rings. The minimum Gasteiger partial charge on any atom is -0.459 e. The molecule has 394 valence electrons. The number of nitrogens with zero attached hydrogens (tertiary/aromatic N) is 5. The fraction of sp³-hybridized carbons (Fsp3) is 0.796. The third kappa shape index (κ3) is 11.9. The Balaban J connectivity index is 1.27. The van der Waals surface area contributed by atoms with Crippen LogP contribution in [0.4, 0.5) is 5.69 Å². The van der Waals surface area contributed by atoms with Crippen molar-refractivity contribution in [2.24, 2.45) is 23.7 Å². The van der Waals surface area contributed by atoms with E-state index in [-0.39, 0.29) is 43.9 Å². The van der Waals surface area contributed by atoms with Crippen molar-refractivity contribution in [3.63, 3.8) is 0 Å². The van der Waals surface area contributed by atoms with Crippen molar-refractivity contribution in [3.8, 4) is 0 Å². The van der Waals surface area contributed by atoms with Crippen molar-refractivity contribution in [2.75, 3.05) is 33.9 Å². The Kier molecular flexibility index (Phi) is 18.1. The van der Waals surface area contributed by atoms with Gasteiger partial charge in [-0.2, -0.15) is 0 Å². The number of likely N-dealkylation sites (N-methyl/N-ethyl adjacent to an activating group) is 1. The van der Waals surface area contributed by atoms with Crippen LogP contribution in [0, 0.1) is 33.8 Å². The second kappa shape index (κ2) is 22.7. The van der Waals surface area contributed by atoms with E-state index in [9.17, 15) is 45.2 Å². The van der Waals surface area contributed by atoms with E-state index < -0.39 is 125 Å². The zero-order chi connectivity index (χ0) is 51.6. The molecule has 0 saturated carbocycles. The largest absolute Gasteiger partial charge is 0.459 e. The van der Waals surface area contributed by atoms with Crippen molar-refractivity contribution < 1.29 is 73.2 Å². The maximum absolute atomic E-state index is 14.4. The quantitative estimate of drug-likeness (QED) is 0.0975. The topological polar surface area (TPSA) is 277 Å². The van der Waals surface area contributed by atoms with Gasteiger partial charge in [0.15, 0.2) is 12.6 Å². The maximum atomic E-state index is 14.4. The molecule has 0 spiro atoms. The van der Waals surface area contributed by atoms with Gasteiger partial charge < -0.3 is 63.6 Å². The number of non-ortho nitro benzene ring substituents is 1. The van der Waals surface area contributed by atoms with Gasteiger partial charge in [0, 0.05) is 68.6 Å². The average molecular weight is 992 g/mol. The van der Waals surface area contributed by atoms with Crippen LogP contribution in [0.3, 0.4) is 0 Å². The molecule has 4 saturated heterocycles. The summed E-state index contributed by atoms with van der Waals surface area (Å²) in [5.41, 5.74) is -2.93. The Morgan fingerprint density at radius 3 is 2.31 bits per heavy atom. The van der Waals surface area contributed by atoms with E-state index in [0.29, 0.717) is 31.5 Å². The van der Waals surface area contributed by atoms with Crippen LogP contribution in [0.1, 0.15) is 105 Å². The fourth-order valence-corrected chi connectivity index (χ4v) is 11.0. The first-order chi connectivity index (χ1) is 32.9. The monoisotopic (exact) mass is 992 g/mol. The van der Waals surface area contributed by atoms with Gasteiger partial charge in [-0.3, -0.25) is 19.7 Å². The summed E-state index contributed by atoms with van der Waals surface area (Å²) in [7, 11) is 3.37. The zero-order valence-electron chi connectivity index (χ0n) is 42.5. The molecule has 70 heavy (non-hydrogen) atoms. The molecule has 0 amide bonds. The van der Waals surface area contributed by atoms with Crippen LogP contribution < -0.4 is 0 Å². The van der Waals surface area contributed by atoms with Gasteiger partial charge in [-0.05, 0) is 79.8 Å². The smallest absolute Gasteiger partial charge is 0.311 e. The van der Waals surface area contributed by atoms with Gasteiger partial charge in [0.2, 0.25) is 0 Å². The molecule has 4 fully saturated rings. The van der Waals surface area contributed by atoms with Crippen LogP contribution in [0.5, 0.6) is 0 Å². The Bertz CT molecular complexity index is 2080. The molecule has 21 heteroatoms. The number of ether oxygens (including phenoxy) is 7. The zero-order valence-corrected chi connectivity index (χ0v) is 42.5. The van der Waals surface area contributed by atoms with Crippen molar-refractivity contribution in [1.82, 2.24) is 19.9 Å². The number of nitro benzene ring substituents is 1. The summed E-state index contributed by atoms with van der Waals surface area (Å²) >= 11 is 0. The number of methoxy groups -OCH3 is 1. The molecule has 0 unspecified atom stereocenters. The molecule has 21 nitrogen and oxygen atoms in total. The highest BCUT2D eigenvalue weighted by Gasteiger charge is 2.56. The van der Waals surface area contributed by atoms with Gasteiger partial charge >= 0.3 is 5.97 Å². The molecule has 0 radical (unpaired) electrons. The number of rotatable bonds is 15. The first kappa shape index (κ1) is 55.7. The lowest BCUT2D eigenvalue weighted by molar-refractivity contribution is -0.384. The molecule has 19 atom stereocenters. The average Bonchev–Trinajstić information content (AvgIpc) is 3.98. The van der Waals surface area contributed by atoms with E-state index in [1.807, 2.05) is 25.8 Å². The molecule has 5 heterocycles. The van der Waals surface area contributed by atoms with Gasteiger partial charge in [-0.15, -0.1) is 5.10 Å². The number of fused-ring (bicyclic) bond motifs is 2. The highest BCUT2D eigenvalue weighted by atomic mass is 16.7. The van der Waals surface area contributed by atoms with E-state index >= 15 is 0 Å². The van der Waals surface area contributed by atoms with E-state index in [0.717, 1.165) is 5.56 Å². The number of aliphatic hydroxyl groups is 5. The predicted octanol–water partition coefficient (Wildman–Crippen LogP) is 2.69. The minimum atomic E-state index is -2.01. The highest BCUT2D eigenvalue weighted by molar-refractivity contribution is 5.84. The standard InChI is InChI=1S/C49H77N5O16/c1-12-37-49(9,61)42(58)27(3)39(56)32-21-48(8,65-25-32)44(28(4)41(29(5)45(60)68-37)69-38-22-47(7,64-11)43(59)30(6)67-38)70-46-40(57)36(19-26(2)66-46)52(10)18-17-33-23-53(51-50-33)35(24-55)20-31-13-15-34(16-14-31)54(62)63/h13-16,23,26-30,32,35-38,40-44,46,55,57-59,61H,12,17-22,24-25H2,1-11H3/t26-,27+,28+,29-,30+,32+,35+,36+,37-,38+,40-,41+,42-,43+,44-,46+,47-,48-,49-/m1/s1. The van der Waals surface area contributed by atoms with Crippen molar-refractivity contribution >= 4 is 17.4 Å². The first-order valence-electron chi connectivity index (χ1n) is 24.6. The number of carbonyl (C=O) groups excluding carboxylic acids is 2. The number of hydrogen-bond acceptors (Lipinski definition) is 19. The van der Waals surface area contributed by atoms with Crippen molar-refractivity contribution in [1.29, 1.82) is 0 Å². The number of hydrogen-bond donors (Lipinski definition) is 5. The Morgan fingerprint density at radius 1 is 1.00 bits per heavy atom. The number of Topliss-reactive ketones (excluding diaryl/α,β-unsaturated/α-hetero) is 1. The molecule has 5 N–H and O–H groups in total. The Labute approximate surface area is 410 Å². The summed E-state index contributed by atoms with van der Waals surface area (Å²) in [6.45, 7) is 15.4. The summed E-state index contributed by atoms with van der Waals surface area (Å²) in [6, 6.07) is 5.20. The van der Waals surface area contributed by atoms with Crippen LogP contribution in [0.25, 0.3) is 0 Å². The fourth-order valence-electron chi connectivity index (χ4n) is 11.0. The summed E-state index contributed by atoms with van der Waals surface area (Å²) < 4.78 is 46.4. The number of carbonyl (C=O) groups is 2. The van der Waals surface area contributed by atoms with Crippen LogP contribution in [0.15, 0.2) is 30.5 Å². The summed E-state index contributed by atoms with van der Waals surface area (Å²) in [6.07, 6.45) is -7.12. The van der Waals surface area contributed by atoms with Crippen LogP contribution in [0.2, 0.25) is 0 Å². The summed E-state index contributed by atoms with van der Waals surface area (Å²) in [4.78, 5) is 41.3. The van der Waals surface area contributed by atoms with Crippen LogP contribution >= 0.6 is 0 Å². The molecule has 2 aromatic rings. The second-order valence-electron chi connectivity index (χ2n) is 21.0. The summed E-state index contributed by atoms with van der Waals surface area (Å²) in [5.74, 6) is -4.71. The molecule has 2 bridgehead atoms. The lowest BCUT2D eigenvalue weighted by atomic mass is 9.75. The maximum Gasteiger partial charge on any atom is 0.311 e. The van der Waals surface area contributed by atoms with E-state index in [2.05, 4.69) is 10.3 Å². The van der Waals surface area contributed by atoms with Gasteiger partial charge in [0.1, 0.15) is 29.7 Å². The number of aromatic nitrogens is 3. The van der Waals surface area contributed by atoms with E-state index in [1.165, 1.54) is 26.2 Å². The molecule has 1 aromatic heterocycles. The SMILES string of the molecule is CC[C@H]1OC(=O)[C@H](C)[C@@H](O[C@H]2C[C@@](C)(OC)[C@@H](O)[C@H](C)O2)[C@H](C)[C@@H](O[C@@H]2O[C@H](C)C[C@H](N(C)CCc3cn([C@H](CO)Cc4ccc([N+](=O)[O-])cc4)nn3)[C@H]2O)[C@@]2(C)C[C@@H](CO2)C(=O)[C@H](C)[C@@H](O)[C@]1(C)O. The Morgan fingerprint density at radius 2 is 1.69 bits per heavy atom. The predicted molar refractivity (Wildman–Crippen MR) is 250 cm³/mol. The van der Waals surface area contributed by atoms with E-state index in [1.54, 1.807) is 64.6 Å². The van der Waals surface area contributed by atoms with Crippen molar-refractivity contribution in [2.45, 2.75) is 191 Å². The summed E-state index contributed by atoms with van der Waals surface area (Å²) in [5, 5.41) is 76.6. The van der Waals surface area contributed by atoms with Gasteiger partial charge in [0.05, 0.1) is 77.5 Å². The van der Waals surface area contributed by atoms with E-state index in [4.69, 9.17) is 33.2 Å². The lowest BCUT2D eigenvalue weighted by Gasteiger charge is -2.49. The van der Waals surface area contributed by atoms with Crippen LogP contribution in [-0.2, 0) is 55.6 Å². The highest BCUT2D eigenvalue weighted by Crippen LogP contribution is 2.45. The molecule has 1 aromatic carbocycles. The third-order valence-electron chi connectivity index (χ3n) is 15.7. The number of esters is 1. The number of aliphatic hydroxyl groups excluding tert-OH is 4. The number of nitro groups is 1. The minimum absolute atomic E-state index is 0.0258. The molecular weight excluding hydrogens is 915 g/mol. The van der Waals surface area contributed by atoms with Gasteiger partial charge in [-0.25, -0.2) is 4.68 Å². The molecule has 4 aliphatic heterocycles. The number of cyclic esters (lactones) is 1. The normalized spacial score (nSPS) is 40.4. The first-order valence-corrected chi connectivity index (χ1v) is 24.6. The van der Waals surface area contributed by atoms with Gasteiger partial charge in [-0.1, -0.05) is 38.1 Å². The van der Waals surface area contributed by atoms with Gasteiger partial charge in [0.25, 0.3) is 5.69 Å². The number of benzene rings is 1. The molecular formula is C49H77N5O16. The molecule has 6 rings (SSSR count).